The molecule has 242 valence electrons. The lowest BCUT2D eigenvalue weighted by Gasteiger charge is -2.70. The van der Waals surface area contributed by atoms with Crippen molar-refractivity contribution >= 4 is 17.7 Å². The number of hydrogen-bond donors (Lipinski definition) is 2. The zero-order valence-corrected chi connectivity index (χ0v) is 27.8. The second-order valence-electron chi connectivity index (χ2n) is 16.3. The maximum Gasteiger partial charge on any atom is 0.308 e. The molecule has 8 heteroatoms. The highest BCUT2D eigenvalue weighted by Crippen LogP contribution is 2.74. The van der Waals surface area contributed by atoms with Crippen molar-refractivity contribution in [2.75, 3.05) is 19.8 Å². The van der Waals surface area contributed by atoms with Crippen molar-refractivity contribution in [2.24, 2.45) is 62.4 Å². The van der Waals surface area contributed by atoms with Gasteiger partial charge >= 0.3 is 11.9 Å². The number of allylic oxidation sites excluding steroid dienone is 1. The molecule has 8 nitrogen and oxygen atoms in total. The van der Waals surface area contributed by atoms with Gasteiger partial charge in [-0.25, -0.2) is 0 Å². The van der Waals surface area contributed by atoms with E-state index in [2.05, 4.69) is 41.5 Å². The second-order valence-corrected chi connectivity index (χ2v) is 16.3. The van der Waals surface area contributed by atoms with Crippen LogP contribution in [-0.4, -0.2) is 60.9 Å². The van der Waals surface area contributed by atoms with E-state index in [1.807, 2.05) is 19.9 Å². The summed E-state index contributed by atoms with van der Waals surface area (Å²) in [6, 6.07) is -0.164. The fourth-order valence-electron chi connectivity index (χ4n) is 11.2. The highest BCUT2D eigenvalue weighted by atomic mass is 16.6. The minimum Gasteiger partial charge on any atom is -0.481 e. The maximum absolute atomic E-state index is 14.7. The summed E-state index contributed by atoms with van der Waals surface area (Å²) in [4.78, 5) is 40.4. The molecule has 1 aliphatic heterocycles. The van der Waals surface area contributed by atoms with E-state index in [-0.39, 0.29) is 41.7 Å². The third kappa shape index (κ3) is 4.43. The summed E-state index contributed by atoms with van der Waals surface area (Å²) in [6.45, 7) is 19.5. The Balaban J connectivity index is 1.64. The van der Waals surface area contributed by atoms with Gasteiger partial charge in [-0.2, -0.15) is 0 Å². The second kappa shape index (κ2) is 10.7. The van der Waals surface area contributed by atoms with Gasteiger partial charge < -0.3 is 25.1 Å². The predicted octanol–water partition coefficient (Wildman–Crippen LogP) is 5.42. The van der Waals surface area contributed by atoms with E-state index < -0.39 is 45.1 Å². The van der Waals surface area contributed by atoms with E-state index >= 15 is 0 Å². The number of ketones is 1. The van der Waals surface area contributed by atoms with Gasteiger partial charge in [0, 0.05) is 29.2 Å². The molecule has 1 heterocycles. The van der Waals surface area contributed by atoms with E-state index in [0.717, 1.165) is 31.3 Å². The van der Waals surface area contributed by atoms with Crippen LogP contribution in [0.15, 0.2) is 11.6 Å². The standard InChI is InChI=1S/C35H55NO7/c1-19(2)21(4)31(6)12-13-33(8)23-10-11-26-32(7)17-41-18-35(26,15-25(43-22(5)37)29(32)42-16-20(3)36)24(23)14-27(38)34(33,9)28(31)30(39)40/h14,19-21,23,25-26,28-29H,10-13,15-18,36H2,1-9H3,(H,39,40)/t20?,21-,23+,25-,26?,28-,29+,31-,32-,33-,34+,35+/m1/s1. The lowest BCUT2D eigenvalue weighted by atomic mass is 9.34. The van der Waals surface area contributed by atoms with E-state index in [9.17, 15) is 19.5 Å². The fraction of sp³-hybridized carbons (Fsp3) is 0.857. The van der Waals surface area contributed by atoms with Crippen molar-refractivity contribution in [3.8, 4) is 0 Å². The molecular formula is C35H55NO7. The number of carbonyl (C=O) groups is 3. The number of fused-ring (bicyclic) bond motifs is 3. The number of nitrogens with two attached hydrogens (primary N) is 1. The molecule has 4 aliphatic carbocycles. The van der Waals surface area contributed by atoms with Gasteiger partial charge in [-0.3, -0.25) is 14.4 Å². The van der Waals surface area contributed by atoms with Crippen molar-refractivity contribution in [3.63, 3.8) is 0 Å². The van der Waals surface area contributed by atoms with Crippen LogP contribution in [0.5, 0.6) is 0 Å². The van der Waals surface area contributed by atoms with Crippen molar-refractivity contribution < 1.29 is 33.7 Å². The van der Waals surface area contributed by atoms with Crippen molar-refractivity contribution in [1.29, 1.82) is 0 Å². The molecule has 4 fully saturated rings. The van der Waals surface area contributed by atoms with Crippen LogP contribution in [0.3, 0.4) is 0 Å². The third-order valence-corrected chi connectivity index (χ3v) is 13.8. The largest absolute Gasteiger partial charge is 0.481 e. The van der Waals surface area contributed by atoms with Crippen LogP contribution < -0.4 is 5.73 Å². The first-order valence-electron chi connectivity index (χ1n) is 16.5. The summed E-state index contributed by atoms with van der Waals surface area (Å²) in [5.74, 6) is -1.43. The van der Waals surface area contributed by atoms with E-state index in [4.69, 9.17) is 19.9 Å². The first-order chi connectivity index (χ1) is 19.9. The highest BCUT2D eigenvalue weighted by molar-refractivity contribution is 6.00. The van der Waals surface area contributed by atoms with E-state index in [1.165, 1.54) is 6.92 Å². The summed E-state index contributed by atoms with van der Waals surface area (Å²) in [5.41, 5.74) is 4.16. The number of rotatable bonds is 7. The number of carboxylic acids is 1. The van der Waals surface area contributed by atoms with Gasteiger partial charge in [0.1, 0.15) is 12.2 Å². The number of aliphatic carboxylic acids is 1. The van der Waals surface area contributed by atoms with Gasteiger partial charge in [-0.15, -0.1) is 0 Å². The molecule has 0 amide bonds. The number of carboxylic acid groups (broad SMARTS) is 1. The minimum absolute atomic E-state index is 0.0395. The molecular weight excluding hydrogens is 546 g/mol. The molecule has 0 aromatic carbocycles. The summed E-state index contributed by atoms with van der Waals surface area (Å²) in [7, 11) is 0. The lowest BCUT2D eigenvalue weighted by Crippen LogP contribution is -2.71. The normalized spacial score (nSPS) is 47.0. The quantitative estimate of drug-likeness (QED) is 0.371. The Morgan fingerprint density at radius 1 is 1.09 bits per heavy atom. The minimum atomic E-state index is -1.04. The van der Waals surface area contributed by atoms with Crippen molar-refractivity contribution in [2.45, 2.75) is 113 Å². The fourth-order valence-corrected chi connectivity index (χ4v) is 11.2. The topological polar surface area (TPSA) is 125 Å². The molecule has 3 N–H and O–H groups in total. The molecule has 5 rings (SSSR count). The van der Waals surface area contributed by atoms with Gasteiger partial charge in [-0.1, -0.05) is 54.0 Å². The predicted molar refractivity (Wildman–Crippen MR) is 163 cm³/mol. The Morgan fingerprint density at radius 3 is 2.35 bits per heavy atom. The van der Waals surface area contributed by atoms with Crippen LogP contribution in [0, 0.1) is 56.7 Å². The van der Waals surface area contributed by atoms with Crippen molar-refractivity contribution in [1.82, 2.24) is 0 Å². The molecule has 12 atom stereocenters. The Kier molecular flexibility index (Phi) is 8.08. The molecule has 0 spiro atoms. The van der Waals surface area contributed by atoms with E-state index in [0.29, 0.717) is 32.2 Å². The lowest BCUT2D eigenvalue weighted by molar-refractivity contribution is -0.266. The maximum atomic E-state index is 14.7. The molecule has 2 bridgehead atoms. The zero-order valence-electron chi connectivity index (χ0n) is 27.8. The summed E-state index contributed by atoms with van der Waals surface area (Å²) >= 11 is 0. The van der Waals surface area contributed by atoms with Gasteiger partial charge in [-0.05, 0) is 79.6 Å². The molecule has 43 heavy (non-hydrogen) atoms. The Morgan fingerprint density at radius 2 is 1.77 bits per heavy atom. The Labute approximate surface area is 257 Å². The first kappa shape index (κ1) is 32.6. The zero-order chi connectivity index (χ0) is 31.9. The van der Waals surface area contributed by atoms with Gasteiger partial charge in [0.05, 0.1) is 25.7 Å². The van der Waals surface area contributed by atoms with Gasteiger partial charge in [0.2, 0.25) is 0 Å². The molecule has 2 unspecified atom stereocenters. The van der Waals surface area contributed by atoms with Crippen LogP contribution in [0.2, 0.25) is 0 Å². The summed E-state index contributed by atoms with van der Waals surface area (Å²) in [5, 5.41) is 10.9. The van der Waals surface area contributed by atoms with Crippen LogP contribution in [0.4, 0.5) is 0 Å². The highest BCUT2D eigenvalue weighted by Gasteiger charge is 2.74. The monoisotopic (exact) mass is 601 g/mol. The summed E-state index contributed by atoms with van der Waals surface area (Å²) < 4.78 is 18.9. The Bertz CT molecular complexity index is 1200. The molecule has 3 saturated carbocycles. The van der Waals surface area contributed by atoms with Gasteiger partial charge in [0.25, 0.3) is 0 Å². The number of esters is 1. The van der Waals surface area contributed by atoms with E-state index in [1.54, 1.807) is 0 Å². The summed E-state index contributed by atoms with van der Waals surface area (Å²) in [6.07, 6.45) is 4.85. The number of carbonyl (C=O) groups excluding carboxylic acids is 2. The SMILES string of the molecule is CC(=O)O[C@@H]1C[C@@]23COC[C@](C)(C2CC[C@H]2C3=CC(=O)[C@@]3(C)[C@H](C(=O)O)[C@@](C)([C@H](C)C(C)C)CC[C@]23C)[C@H]1OCC(C)N. The first-order valence-corrected chi connectivity index (χ1v) is 16.5. The average molecular weight is 602 g/mol. The average Bonchev–Trinajstić information content (AvgIpc) is 2.89. The van der Waals surface area contributed by atoms with Crippen LogP contribution in [-0.2, 0) is 28.6 Å². The number of ether oxygens (including phenoxy) is 3. The molecule has 5 aliphatic rings. The van der Waals surface area contributed by atoms with Gasteiger partial charge in [0.15, 0.2) is 5.78 Å². The van der Waals surface area contributed by atoms with Crippen LogP contribution >= 0.6 is 0 Å². The smallest absolute Gasteiger partial charge is 0.308 e. The number of hydrogen-bond acceptors (Lipinski definition) is 7. The van der Waals surface area contributed by atoms with Crippen LogP contribution in [0.1, 0.15) is 94.4 Å². The Hall–Kier alpha value is -1.77. The molecule has 0 aromatic heterocycles. The van der Waals surface area contributed by atoms with Crippen molar-refractivity contribution in [3.05, 3.63) is 11.6 Å². The molecule has 0 radical (unpaired) electrons. The van der Waals surface area contributed by atoms with Crippen LogP contribution in [0.25, 0.3) is 0 Å². The molecule has 1 saturated heterocycles. The molecule has 0 aromatic rings. The third-order valence-electron chi connectivity index (χ3n) is 13.8.